The topological polar surface area (TPSA) is 157 Å². The molecule has 62 heavy (non-hydrogen) atoms. The number of fused-ring (bicyclic) bond motifs is 4. The summed E-state index contributed by atoms with van der Waals surface area (Å²) >= 11 is 12.8. The fraction of sp³-hybridized carbons (Fsp3) is 0.478. The lowest BCUT2D eigenvalue weighted by Gasteiger charge is -2.47. The molecule has 0 unspecified atom stereocenters. The third-order valence-electron chi connectivity index (χ3n) is 14.9. The Bertz CT molecular complexity index is 2490. The Morgan fingerprint density at radius 3 is 2.42 bits per heavy atom. The summed E-state index contributed by atoms with van der Waals surface area (Å²) in [6, 6.07) is 12.6. The first-order chi connectivity index (χ1) is 30.0. The lowest BCUT2D eigenvalue weighted by atomic mass is 9.55. The summed E-state index contributed by atoms with van der Waals surface area (Å²) in [5.41, 5.74) is 1.24. The highest BCUT2D eigenvalue weighted by atomic mass is 35.5. The number of carbonyl (C=O) groups excluding carboxylic acids is 5. The number of imidazole rings is 1. The molecule has 0 radical (unpaired) electrons. The summed E-state index contributed by atoms with van der Waals surface area (Å²) in [5.74, 6) is -1.51. The average Bonchev–Trinajstić information content (AvgIpc) is 3.92. The van der Waals surface area contributed by atoms with Crippen molar-refractivity contribution in [3.05, 3.63) is 93.5 Å². The molecule has 4 aromatic rings. The molecule has 4 N–H and O–H groups in total. The Morgan fingerprint density at radius 1 is 0.887 bits per heavy atom. The molecule has 2 aromatic carbocycles. The molecule has 2 aliphatic carbocycles. The van der Waals surface area contributed by atoms with Crippen molar-refractivity contribution in [2.24, 2.45) is 5.92 Å². The summed E-state index contributed by atoms with van der Waals surface area (Å²) in [6.45, 7) is 1.59. The van der Waals surface area contributed by atoms with Gasteiger partial charge in [0.05, 0.1) is 17.3 Å². The van der Waals surface area contributed by atoms with Crippen LogP contribution < -0.4 is 26.2 Å². The van der Waals surface area contributed by atoms with Crippen LogP contribution in [0.15, 0.2) is 60.9 Å². The van der Waals surface area contributed by atoms with Crippen LogP contribution in [0.4, 0.5) is 20.7 Å². The number of hydrogen-bond acceptors (Lipinski definition) is 7. The maximum Gasteiger partial charge on any atom is 0.329 e. The van der Waals surface area contributed by atoms with E-state index < -0.39 is 34.8 Å². The van der Waals surface area contributed by atoms with Crippen LogP contribution in [0, 0.1) is 11.7 Å². The van der Waals surface area contributed by atoms with Crippen LogP contribution in [0.2, 0.25) is 10.0 Å². The van der Waals surface area contributed by atoms with Gasteiger partial charge < -0.3 is 15.5 Å². The van der Waals surface area contributed by atoms with E-state index in [-0.39, 0.29) is 58.5 Å². The molecule has 3 atom stereocenters. The molecule has 6 amide bonds. The van der Waals surface area contributed by atoms with Crippen molar-refractivity contribution in [2.45, 2.75) is 112 Å². The molecule has 10 rings (SSSR count). The minimum absolute atomic E-state index is 0.0696. The lowest BCUT2D eigenvalue weighted by molar-refractivity contribution is -0.137. The SMILES string of the molecule is O=C1CCN(c2cnc3cc(C4CCN(C(=O)C5CCC(NC(=O)[C@@H]6NC7(CCCCC7)[C@@]7(C(=O)Nc8cc(Cl)ccc87)[C@H]6c6cccc(Cl)c6F)CC5)CC4)ccn23)C(=O)N1. The average molecular weight is 884 g/mol. The van der Waals surface area contributed by atoms with E-state index >= 15 is 4.39 Å². The van der Waals surface area contributed by atoms with Crippen molar-refractivity contribution >= 4 is 70.0 Å². The molecule has 16 heteroatoms. The van der Waals surface area contributed by atoms with Gasteiger partial charge in [0.25, 0.3) is 0 Å². The van der Waals surface area contributed by atoms with Crippen molar-refractivity contribution in [1.82, 2.24) is 30.2 Å². The van der Waals surface area contributed by atoms with Crippen LogP contribution in [0.5, 0.6) is 0 Å². The van der Waals surface area contributed by atoms with Crippen molar-refractivity contribution in [2.75, 3.05) is 29.9 Å². The number of rotatable bonds is 6. The molecule has 6 heterocycles. The van der Waals surface area contributed by atoms with E-state index in [4.69, 9.17) is 23.2 Å². The van der Waals surface area contributed by atoms with Gasteiger partial charge >= 0.3 is 6.03 Å². The van der Waals surface area contributed by atoms with Gasteiger partial charge in [-0.15, -0.1) is 0 Å². The first kappa shape index (κ1) is 41.0. The molecule has 2 spiro atoms. The highest BCUT2D eigenvalue weighted by Crippen LogP contribution is 2.63. The lowest BCUT2D eigenvalue weighted by Crippen LogP contribution is -2.60. The van der Waals surface area contributed by atoms with Gasteiger partial charge in [0.1, 0.15) is 22.7 Å². The van der Waals surface area contributed by atoms with Crippen LogP contribution in [0.1, 0.15) is 106 Å². The number of hydrogen-bond donors (Lipinski definition) is 4. The number of urea groups is 1. The number of nitrogens with zero attached hydrogens (tertiary/aromatic N) is 4. The second kappa shape index (κ2) is 15.9. The smallest absolute Gasteiger partial charge is 0.329 e. The number of piperidine rings is 1. The maximum atomic E-state index is 16.3. The first-order valence-electron chi connectivity index (χ1n) is 22.0. The van der Waals surface area contributed by atoms with Gasteiger partial charge in [-0.2, -0.15) is 0 Å². The molecule has 5 fully saturated rings. The van der Waals surface area contributed by atoms with Crippen LogP contribution in [-0.2, 0) is 24.6 Å². The summed E-state index contributed by atoms with van der Waals surface area (Å²) in [4.78, 5) is 75.5. The zero-order valence-corrected chi connectivity index (χ0v) is 35.7. The predicted octanol–water partition coefficient (Wildman–Crippen LogP) is 6.96. The Balaban J connectivity index is 0.808. The molecule has 6 aliphatic rings. The number of nitrogens with one attached hydrogen (secondary N) is 4. The van der Waals surface area contributed by atoms with Gasteiger partial charge in [-0.05, 0) is 104 Å². The van der Waals surface area contributed by atoms with E-state index in [1.807, 2.05) is 33.7 Å². The quantitative estimate of drug-likeness (QED) is 0.163. The van der Waals surface area contributed by atoms with E-state index in [9.17, 15) is 24.0 Å². The number of anilines is 2. The molecule has 0 bridgehead atoms. The number of aromatic nitrogens is 2. The Morgan fingerprint density at radius 2 is 1.66 bits per heavy atom. The number of carbonyl (C=O) groups is 5. The summed E-state index contributed by atoms with van der Waals surface area (Å²) in [5, 5.41) is 12.8. The number of amides is 6. The van der Waals surface area contributed by atoms with Crippen molar-refractivity contribution < 1.29 is 28.4 Å². The number of benzene rings is 2. The standard InChI is InChI=1S/C46H49Cl2FN8O5/c47-29-9-12-32-34(24-29)52-43(61)46(32)38(31-5-4-6-33(48)39(31)49)40(54-45(46)17-2-1-3-18-45)41(59)51-30-10-7-27(8-11-30)42(60)55-19-13-26(14-20-55)28-15-21-56-35(23-28)50-25-37(56)57-22-16-36(58)53-44(57)62/h4-6,9,12,15,21,23-27,30,38,40,54H,1-3,7-8,10-11,13-14,16-20,22H2,(H,51,59)(H,52,61)(H,53,58,62)/t27?,30?,38-,40+,46+/m0/s1. The van der Waals surface area contributed by atoms with Crippen molar-refractivity contribution in [3.63, 3.8) is 0 Å². The number of likely N-dealkylation sites (tertiary alicyclic amines) is 1. The van der Waals surface area contributed by atoms with Crippen molar-refractivity contribution in [3.8, 4) is 0 Å². The monoisotopic (exact) mass is 882 g/mol. The normalized spacial score (nSPS) is 27.4. The molecule has 3 saturated heterocycles. The van der Waals surface area contributed by atoms with Gasteiger partial charge in [0.2, 0.25) is 23.6 Å². The zero-order valence-electron chi connectivity index (χ0n) is 34.2. The van der Waals surface area contributed by atoms with Crippen LogP contribution in [0.3, 0.4) is 0 Å². The van der Waals surface area contributed by atoms with Gasteiger partial charge in [0, 0.05) is 66.4 Å². The van der Waals surface area contributed by atoms with E-state index in [2.05, 4.69) is 26.3 Å². The molecular formula is C46H49Cl2FN8O5. The molecule has 2 saturated carbocycles. The number of halogens is 3. The Hall–Kier alpha value is -5.05. The maximum absolute atomic E-state index is 16.3. The number of pyridine rings is 1. The second-order valence-corrected chi connectivity index (χ2v) is 18.9. The molecule has 2 aromatic heterocycles. The fourth-order valence-electron chi connectivity index (χ4n) is 11.9. The number of imide groups is 1. The van der Waals surface area contributed by atoms with Crippen LogP contribution in [0.25, 0.3) is 5.65 Å². The first-order valence-corrected chi connectivity index (χ1v) is 22.7. The summed E-state index contributed by atoms with van der Waals surface area (Å²) < 4.78 is 18.2. The third-order valence-corrected chi connectivity index (χ3v) is 15.4. The largest absolute Gasteiger partial charge is 0.352 e. The Labute approximate surface area is 368 Å². The minimum atomic E-state index is -1.30. The third kappa shape index (κ3) is 6.66. The predicted molar refractivity (Wildman–Crippen MR) is 232 cm³/mol. The van der Waals surface area contributed by atoms with E-state index in [0.29, 0.717) is 85.9 Å². The van der Waals surface area contributed by atoms with Crippen LogP contribution >= 0.6 is 23.2 Å². The Kier molecular flexibility index (Phi) is 10.5. The molecular weight excluding hydrogens is 834 g/mol. The van der Waals surface area contributed by atoms with Gasteiger partial charge in [0.15, 0.2) is 0 Å². The van der Waals surface area contributed by atoms with Gasteiger partial charge in [-0.25, -0.2) is 14.2 Å². The van der Waals surface area contributed by atoms with E-state index in [0.717, 1.165) is 37.7 Å². The van der Waals surface area contributed by atoms with Crippen molar-refractivity contribution in [1.29, 1.82) is 0 Å². The summed E-state index contributed by atoms with van der Waals surface area (Å²) in [6.07, 6.45) is 12.0. The molecule has 324 valence electrons. The van der Waals surface area contributed by atoms with Gasteiger partial charge in [-0.3, -0.25) is 39.1 Å². The minimum Gasteiger partial charge on any atom is -0.352 e. The van der Waals surface area contributed by atoms with Crippen LogP contribution in [-0.4, -0.2) is 81.2 Å². The highest BCUT2D eigenvalue weighted by molar-refractivity contribution is 6.31. The highest BCUT2D eigenvalue weighted by Gasteiger charge is 2.72. The summed E-state index contributed by atoms with van der Waals surface area (Å²) in [7, 11) is 0. The van der Waals surface area contributed by atoms with E-state index in [1.54, 1.807) is 30.5 Å². The van der Waals surface area contributed by atoms with E-state index in [1.165, 1.54) is 11.0 Å². The molecule has 4 aliphatic heterocycles. The fourth-order valence-corrected chi connectivity index (χ4v) is 12.3. The molecule has 13 nitrogen and oxygen atoms in total. The second-order valence-electron chi connectivity index (χ2n) is 18.1. The zero-order chi connectivity index (χ0) is 42.9. The van der Waals surface area contributed by atoms with Gasteiger partial charge in [-0.1, -0.05) is 60.7 Å².